The number of carbonyl (C=O) groups is 2. The van der Waals surface area contributed by atoms with E-state index in [4.69, 9.17) is 9.84 Å². The molecular formula is C14H15LiN4O6S2. The maximum atomic E-state index is 11.2. The van der Waals surface area contributed by atoms with Gasteiger partial charge in [0.05, 0.1) is 17.6 Å². The summed E-state index contributed by atoms with van der Waals surface area (Å²) in [6, 6.07) is 3.22. The molecule has 0 aliphatic rings. The van der Waals surface area contributed by atoms with E-state index in [1.54, 1.807) is 24.0 Å². The van der Waals surface area contributed by atoms with Crippen LogP contribution in [0.3, 0.4) is 0 Å². The van der Waals surface area contributed by atoms with E-state index in [0.717, 1.165) is 15.2 Å². The molecule has 0 amide bonds. The van der Waals surface area contributed by atoms with Crippen molar-refractivity contribution in [3.8, 4) is 0 Å². The first kappa shape index (κ1) is 24.8. The van der Waals surface area contributed by atoms with E-state index in [1.807, 2.05) is 0 Å². The Morgan fingerprint density at radius 1 is 1.07 bits per heavy atom. The number of hydrogen-bond acceptors (Lipinski definition) is 8. The fourth-order valence-corrected chi connectivity index (χ4v) is 3.27. The Hall–Kier alpha value is -2.20. The van der Waals surface area contributed by atoms with Crippen LogP contribution in [0.4, 0.5) is 0 Å². The van der Waals surface area contributed by atoms with Crippen LogP contribution in [0.2, 0.25) is 0 Å². The minimum atomic E-state index is -0.949. The summed E-state index contributed by atoms with van der Waals surface area (Å²) in [5, 5.41) is 8.55. The van der Waals surface area contributed by atoms with E-state index in [-0.39, 0.29) is 41.5 Å². The van der Waals surface area contributed by atoms with Gasteiger partial charge in [0.1, 0.15) is 32.1 Å². The third kappa shape index (κ3) is 5.63. The van der Waals surface area contributed by atoms with Crippen molar-refractivity contribution in [2.24, 2.45) is 0 Å². The second kappa shape index (κ2) is 10.8. The summed E-state index contributed by atoms with van der Waals surface area (Å²) < 4.78 is 4.83. The third-order valence-corrected chi connectivity index (χ3v) is 4.49. The van der Waals surface area contributed by atoms with Gasteiger partial charge in [0.15, 0.2) is 0 Å². The predicted octanol–water partition coefficient (Wildman–Crippen LogP) is -0.874. The van der Waals surface area contributed by atoms with Crippen LogP contribution in [-0.4, -0.2) is 54.5 Å². The minimum Gasteiger partial charge on any atom is -0.870 e. The average molecular weight is 406 g/mol. The van der Waals surface area contributed by atoms with Gasteiger partial charge in [-0.1, -0.05) is 0 Å². The van der Waals surface area contributed by atoms with Crippen molar-refractivity contribution >= 4 is 55.3 Å². The van der Waals surface area contributed by atoms with Crippen LogP contribution in [0.25, 0.3) is 20.7 Å². The number of aromatic carboxylic acids is 1. The Labute approximate surface area is 172 Å². The summed E-state index contributed by atoms with van der Waals surface area (Å²) in [5.41, 5.74) is 5.60. The molecule has 27 heavy (non-hydrogen) atoms. The third-order valence-electron chi connectivity index (χ3n) is 2.97. The summed E-state index contributed by atoms with van der Waals surface area (Å²) in [6.45, 7) is 2.17. The van der Waals surface area contributed by atoms with Crippen LogP contribution < -0.4 is 18.9 Å². The molecule has 0 atom stereocenters. The van der Waals surface area contributed by atoms with Crippen LogP contribution in [0, 0.1) is 0 Å². The molecule has 13 heteroatoms. The molecule has 0 bridgehead atoms. The maximum Gasteiger partial charge on any atom is 1.00 e. The van der Waals surface area contributed by atoms with Crippen molar-refractivity contribution in [3.05, 3.63) is 34.5 Å². The van der Waals surface area contributed by atoms with Gasteiger partial charge in [-0.15, -0.1) is 22.7 Å². The van der Waals surface area contributed by atoms with Gasteiger partial charge in [-0.2, -0.15) is 0 Å². The van der Waals surface area contributed by atoms with Crippen LogP contribution in [0.5, 0.6) is 0 Å². The van der Waals surface area contributed by atoms with Crippen molar-refractivity contribution in [1.29, 1.82) is 0 Å². The zero-order valence-electron chi connectivity index (χ0n) is 14.3. The minimum absolute atomic E-state index is 0. The number of nitrogens with one attached hydrogen (secondary N) is 2. The zero-order valence-corrected chi connectivity index (χ0v) is 16.0. The standard InChI is InChI=1S/C8H8N2O2S.C6H4N2O2S.Li.2H2O/c1-2-12-8(11)6-3-5-7(10-6)13-4-9-5;9-6(10)4-1-3-5(8-4)11-2-7-3;;;/h3-4,10H,2H2,1H3;1-2,8H,(H,9,10);;2*1H2/q;;+1;;/p-1. The topological polar surface area (TPSA) is 182 Å². The summed E-state index contributed by atoms with van der Waals surface area (Å²) in [6.07, 6.45) is 0. The summed E-state index contributed by atoms with van der Waals surface area (Å²) in [4.78, 5) is 37.0. The maximum absolute atomic E-state index is 11.2. The SMILES string of the molecule is CCOC(=O)c1cc2ncsc2[nH]1.O.O=C(O)c1cc2ncsc2[nH]1.[Li+].[OH-]. The van der Waals surface area contributed by atoms with Gasteiger partial charge in [0, 0.05) is 0 Å². The van der Waals surface area contributed by atoms with Crippen molar-refractivity contribution in [1.82, 2.24) is 19.9 Å². The molecule has 0 aliphatic carbocycles. The second-order valence-corrected chi connectivity index (χ2v) is 6.23. The molecule has 0 fully saturated rings. The molecule has 0 radical (unpaired) electrons. The first-order valence-electron chi connectivity index (χ1n) is 6.83. The van der Waals surface area contributed by atoms with Gasteiger partial charge < -0.3 is 30.8 Å². The van der Waals surface area contributed by atoms with E-state index < -0.39 is 5.97 Å². The van der Waals surface area contributed by atoms with Crippen molar-refractivity contribution in [2.45, 2.75) is 6.92 Å². The summed E-state index contributed by atoms with van der Waals surface area (Å²) >= 11 is 2.86. The second-order valence-electron chi connectivity index (χ2n) is 4.53. The molecular weight excluding hydrogens is 391 g/mol. The van der Waals surface area contributed by atoms with Gasteiger partial charge in [0.2, 0.25) is 0 Å². The van der Waals surface area contributed by atoms with E-state index in [0.29, 0.717) is 17.8 Å². The number of aromatic amines is 2. The van der Waals surface area contributed by atoms with Crippen molar-refractivity contribution in [2.75, 3.05) is 6.61 Å². The molecule has 0 saturated carbocycles. The number of ether oxygens (including phenoxy) is 1. The summed E-state index contributed by atoms with van der Waals surface area (Å²) in [5.74, 6) is -1.28. The molecule has 4 aromatic heterocycles. The summed E-state index contributed by atoms with van der Waals surface area (Å²) in [7, 11) is 0. The van der Waals surface area contributed by atoms with Gasteiger partial charge in [-0.05, 0) is 19.1 Å². The normalized spacial score (nSPS) is 9.37. The largest absolute Gasteiger partial charge is 1.00 e. The van der Waals surface area contributed by atoms with Crippen molar-refractivity contribution in [3.63, 3.8) is 0 Å². The Morgan fingerprint density at radius 2 is 1.56 bits per heavy atom. The number of nitrogens with zero attached hydrogens (tertiary/aromatic N) is 2. The number of H-pyrrole nitrogens is 2. The Balaban J connectivity index is 0.000000455. The number of esters is 1. The van der Waals surface area contributed by atoms with Crippen LogP contribution >= 0.6 is 22.7 Å². The van der Waals surface area contributed by atoms with Gasteiger partial charge in [0.25, 0.3) is 0 Å². The quantitative estimate of drug-likeness (QED) is 0.292. The first-order valence-corrected chi connectivity index (χ1v) is 8.59. The molecule has 0 saturated heterocycles. The Morgan fingerprint density at radius 3 is 2.00 bits per heavy atom. The number of aromatic nitrogens is 4. The Bertz CT molecular complexity index is 951. The molecule has 0 aromatic carbocycles. The van der Waals surface area contributed by atoms with Crippen LogP contribution in [-0.2, 0) is 4.74 Å². The molecule has 140 valence electrons. The number of thiazole rings is 2. The number of carbonyl (C=O) groups excluding carboxylic acids is 1. The van der Waals surface area contributed by atoms with E-state index in [9.17, 15) is 9.59 Å². The molecule has 4 aromatic rings. The molecule has 0 unspecified atom stereocenters. The average Bonchev–Trinajstić information content (AvgIpc) is 3.27. The number of carboxylic acids is 1. The van der Waals surface area contributed by atoms with Crippen LogP contribution in [0.15, 0.2) is 23.2 Å². The Kier molecular flexibility index (Phi) is 9.94. The fourth-order valence-electron chi connectivity index (χ4n) is 1.93. The van der Waals surface area contributed by atoms with Crippen LogP contribution in [0.1, 0.15) is 27.9 Å². The molecule has 0 spiro atoms. The molecule has 4 rings (SSSR count). The van der Waals surface area contributed by atoms with E-state index in [1.165, 1.54) is 28.7 Å². The zero-order chi connectivity index (χ0) is 17.1. The van der Waals surface area contributed by atoms with Gasteiger partial charge >= 0.3 is 30.8 Å². The number of hydrogen-bond donors (Lipinski definition) is 3. The fraction of sp³-hybridized carbons (Fsp3) is 0.143. The molecule has 6 N–H and O–H groups in total. The first-order chi connectivity index (χ1) is 11.6. The van der Waals surface area contributed by atoms with E-state index >= 15 is 0 Å². The predicted molar refractivity (Wildman–Crippen MR) is 96.4 cm³/mol. The smallest absolute Gasteiger partial charge is 0.870 e. The van der Waals surface area contributed by atoms with Crippen molar-refractivity contribution < 1.29 is 49.2 Å². The molecule has 4 heterocycles. The van der Waals surface area contributed by atoms with Gasteiger partial charge in [-0.3, -0.25) is 0 Å². The van der Waals surface area contributed by atoms with Gasteiger partial charge in [-0.25, -0.2) is 19.6 Å². The molecule has 0 aliphatic heterocycles. The monoisotopic (exact) mass is 406 g/mol. The number of carboxylic acid groups (broad SMARTS) is 1. The van der Waals surface area contributed by atoms with E-state index in [2.05, 4.69) is 19.9 Å². The number of fused-ring (bicyclic) bond motifs is 2. The molecule has 10 nitrogen and oxygen atoms in total. The number of rotatable bonds is 3.